The SMILES string of the molecule is O=C(O)c1nnn(CCN2C(=O)CCC2=O)c1C(F)F. The standard InChI is InChI=1S/C10H10F2N4O4/c11-9(12)8-7(10(19)20)13-14-16(8)4-3-15-5(17)1-2-6(15)18/h9H,1-4H2,(H,19,20). The summed E-state index contributed by atoms with van der Waals surface area (Å²) in [6, 6.07) is 0. The van der Waals surface area contributed by atoms with Crippen LogP contribution < -0.4 is 0 Å². The number of carboxylic acids is 1. The van der Waals surface area contributed by atoms with E-state index in [0.717, 1.165) is 4.90 Å². The van der Waals surface area contributed by atoms with Crippen molar-refractivity contribution < 1.29 is 28.3 Å². The van der Waals surface area contributed by atoms with Crippen molar-refractivity contribution in [2.24, 2.45) is 0 Å². The molecule has 20 heavy (non-hydrogen) atoms. The molecule has 1 aromatic rings. The van der Waals surface area contributed by atoms with Gasteiger partial charge in [0, 0.05) is 19.4 Å². The smallest absolute Gasteiger partial charge is 0.358 e. The van der Waals surface area contributed by atoms with E-state index in [1.807, 2.05) is 0 Å². The molecule has 2 rings (SSSR count). The van der Waals surface area contributed by atoms with Gasteiger partial charge in [-0.25, -0.2) is 18.3 Å². The monoisotopic (exact) mass is 288 g/mol. The van der Waals surface area contributed by atoms with Crippen LogP contribution in [0.3, 0.4) is 0 Å². The van der Waals surface area contributed by atoms with E-state index in [9.17, 15) is 23.2 Å². The van der Waals surface area contributed by atoms with Crippen LogP contribution in [-0.4, -0.2) is 49.3 Å². The number of imide groups is 1. The molecule has 0 aliphatic carbocycles. The lowest BCUT2D eigenvalue weighted by Gasteiger charge is -2.14. The predicted molar refractivity (Wildman–Crippen MR) is 57.9 cm³/mol. The number of nitrogens with zero attached hydrogens (tertiary/aromatic N) is 4. The minimum Gasteiger partial charge on any atom is -0.476 e. The topological polar surface area (TPSA) is 105 Å². The summed E-state index contributed by atoms with van der Waals surface area (Å²) in [7, 11) is 0. The number of aromatic nitrogens is 3. The summed E-state index contributed by atoms with van der Waals surface area (Å²) in [5.41, 5.74) is -1.67. The van der Waals surface area contributed by atoms with Crippen molar-refractivity contribution in [1.29, 1.82) is 0 Å². The summed E-state index contributed by atoms with van der Waals surface area (Å²) in [6.07, 6.45) is -2.88. The third kappa shape index (κ3) is 2.49. The molecule has 10 heteroatoms. The first-order chi connectivity index (χ1) is 9.41. The molecule has 0 aromatic carbocycles. The normalized spacial score (nSPS) is 15.4. The Morgan fingerprint density at radius 1 is 1.25 bits per heavy atom. The maximum atomic E-state index is 12.8. The van der Waals surface area contributed by atoms with E-state index >= 15 is 0 Å². The molecule has 2 heterocycles. The number of hydrogen-bond donors (Lipinski definition) is 1. The number of alkyl halides is 2. The van der Waals surface area contributed by atoms with Gasteiger partial charge >= 0.3 is 5.97 Å². The molecule has 1 fully saturated rings. The van der Waals surface area contributed by atoms with Crippen molar-refractivity contribution in [3.63, 3.8) is 0 Å². The lowest BCUT2D eigenvalue weighted by atomic mass is 10.3. The number of hydrogen-bond acceptors (Lipinski definition) is 5. The summed E-state index contributed by atoms with van der Waals surface area (Å²) in [6.45, 7) is -0.364. The first-order valence-corrected chi connectivity index (χ1v) is 5.70. The zero-order valence-electron chi connectivity index (χ0n) is 10.1. The first kappa shape index (κ1) is 14.0. The summed E-state index contributed by atoms with van der Waals surface area (Å²) in [5, 5.41) is 15.2. The number of amides is 2. The average molecular weight is 288 g/mol. The Bertz CT molecular complexity index is 556. The second-order valence-corrected chi connectivity index (χ2v) is 4.09. The highest BCUT2D eigenvalue weighted by molar-refractivity contribution is 6.01. The van der Waals surface area contributed by atoms with Gasteiger partial charge in [0.1, 0.15) is 5.69 Å². The molecule has 0 saturated carbocycles. The van der Waals surface area contributed by atoms with Crippen molar-refractivity contribution in [3.8, 4) is 0 Å². The van der Waals surface area contributed by atoms with Gasteiger partial charge in [-0.15, -0.1) is 5.10 Å². The Labute approximate surface area is 111 Å². The van der Waals surface area contributed by atoms with Crippen molar-refractivity contribution in [1.82, 2.24) is 19.9 Å². The van der Waals surface area contributed by atoms with E-state index in [4.69, 9.17) is 5.11 Å². The zero-order valence-corrected chi connectivity index (χ0v) is 10.1. The van der Waals surface area contributed by atoms with Gasteiger partial charge in [0.05, 0.1) is 6.54 Å². The Kier molecular flexibility index (Phi) is 3.72. The van der Waals surface area contributed by atoms with Crippen LogP contribution in [0.15, 0.2) is 0 Å². The third-order valence-corrected chi connectivity index (χ3v) is 2.87. The van der Waals surface area contributed by atoms with Crippen LogP contribution in [0.1, 0.15) is 35.4 Å². The largest absolute Gasteiger partial charge is 0.476 e. The van der Waals surface area contributed by atoms with Gasteiger partial charge in [0.2, 0.25) is 11.8 Å². The van der Waals surface area contributed by atoms with Gasteiger partial charge in [-0.3, -0.25) is 14.5 Å². The molecule has 0 spiro atoms. The highest BCUT2D eigenvalue weighted by atomic mass is 19.3. The molecular formula is C10H10F2N4O4. The molecule has 0 unspecified atom stereocenters. The van der Waals surface area contributed by atoms with E-state index in [1.165, 1.54) is 0 Å². The number of carbonyl (C=O) groups excluding carboxylic acids is 2. The van der Waals surface area contributed by atoms with Gasteiger partial charge in [-0.1, -0.05) is 5.21 Å². The van der Waals surface area contributed by atoms with Gasteiger partial charge in [0.25, 0.3) is 6.43 Å². The van der Waals surface area contributed by atoms with Crippen molar-refractivity contribution >= 4 is 17.8 Å². The van der Waals surface area contributed by atoms with Crippen molar-refractivity contribution in [2.75, 3.05) is 6.54 Å². The van der Waals surface area contributed by atoms with Crippen LogP contribution in [-0.2, 0) is 16.1 Å². The Morgan fingerprint density at radius 3 is 2.35 bits per heavy atom. The molecule has 0 atom stereocenters. The molecular weight excluding hydrogens is 278 g/mol. The molecule has 2 amide bonds. The molecule has 1 N–H and O–H groups in total. The number of likely N-dealkylation sites (tertiary alicyclic amines) is 1. The molecule has 1 aliphatic rings. The van der Waals surface area contributed by atoms with E-state index in [2.05, 4.69) is 10.3 Å². The Balaban J connectivity index is 2.16. The fourth-order valence-corrected chi connectivity index (χ4v) is 1.92. The minimum atomic E-state index is -3.07. The highest BCUT2D eigenvalue weighted by Crippen LogP contribution is 2.21. The average Bonchev–Trinajstić information content (AvgIpc) is 2.92. The summed E-state index contributed by atoms with van der Waals surface area (Å²) in [5.74, 6) is -2.38. The van der Waals surface area contributed by atoms with Gasteiger partial charge in [-0.2, -0.15) is 0 Å². The van der Waals surface area contributed by atoms with Gasteiger partial charge in [0.15, 0.2) is 5.69 Å². The number of carbonyl (C=O) groups is 3. The fraction of sp³-hybridized carbons (Fsp3) is 0.500. The van der Waals surface area contributed by atoms with Crippen molar-refractivity contribution in [2.45, 2.75) is 25.8 Å². The Hall–Kier alpha value is -2.39. The first-order valence-electron chi connectivity index (χ1n) is 5.70. The number of aromatic carboxylic acids is 1. The molecule has 1 aliphatic heterocycles. The van der Waals surface area contributed by atoms with Gasteiger partial charge < -0.3 is 5.11 Å². The maximum absolute atomic E-state index is 12.8. The van der Waals surface area contributed by atoms with Crippen LogP contribution in [0.5, 0.6) is 0 Å². The quantitative estimate of drug-likeness (QED) is 0.768. The molecule has 1 saturated heterocycles. The third-order valence-electron chi connectivity index (χ3n) is 2.87. The lowest BCUT2D eigenvalue weighted by Crippen LogP contribution is -2.32. The summed E-state index contributed by atoms with van der Waals surface area (Å²) >= 11 is 0. The second-order valence-electron chi connectivity index (χ2n) is 4.09. The fourth-order valence-electron chi connectivity index (χ4n) is 1.92. The van der Waals surface area contributed by atoms with Crippen LogP contribution in [0.25, 0.3) is 0 Å². The highest BCUT2D eigenvalue weighted by Gasteiger charge is 2.30. The number of rotatable bonds is 5. The van der Waals surface area contributed by atoms with E-state index < -0.39 is 23.8 Å². The van der Waals surface area contributed by atoms with Crippen LogP contribution in [0.4, 0.5) is 8.78 Å². The van der Waals surface area contributed by atoms with Crippen LogP contribution in [0, 0.1) is 0 Å². The molecule has 8 nitrogen and oxygen atoms in total. The van der Waals surface area contributed by atoms with Crippen molar-refractivity contribution in [3.05, 3.63) is 11.4 Å². The molecule has 108 valence electrons. The molecule has 0 bridgehead atoms. The number of halogens is 2. The van der Waals surface area contributed by atoms with Gasteiger partial charge in [-0.05, 0) is 0 Å². The van der Waals surface area contributed by atoms with E-state index in [-0.39, 0.29) is 37.7 Å². The van der Waals surface area contributed by atoms with Crippen LogP contribution in [0.2, 0.25) is 0 Å². The predicted octanol–water partition coefficient (Wildman–Crippen LogP) is 0.0629. The lowest BCUT2D eigenvalue weighted by molar-refractivity contribution is -0.138. The number of carboxylic acid groups (broad SMARTS) is 1. The minimum absolute atomic E-state index is 0.0955. The Morgan fingerprint density at radius 2 is 1.85 bits per heavy atom. The maximum Gasteiger partial charge on any atom is 0.358 e. The second kappa shape index (κ2) is 5.31. The van der Waals surface area contributed by atoms with E-state index in [0.29, 0.717) is 4.68 Å². The summed E-state index contributed by atoms with van der Waals surface area (Å²) in [4.78, 5) is 34.4. The molecule has 1 aromatic heterocycles. The van der Waals surface area contributed by atoms with E-state index in [1.54, 1.807) is 0 Å². The molecule has 0 radical (unpaired) electrons. The summed E-state index contributed by atoms with van der Waals surface area (Å²) < 4.78 is 26.3. The van der Waals surface area contributed by atoms with Crippen LogP contribution >= 0.6 is 0 Å². The zero-order chi connectivity index (χ0) is 14.9.